The number of rotatable bonds is 4. The van der Waals surface area contributed by atoms with Gasteiger partial charge in [0.1, 0.15) is 0 Å². The lowest BCUT2D eigenvalue weighted by Crippen LogP contribution is -2.01. The van der Waals surface area contributed by atoms with E-state index in [1.165, 1.54) is 0 Å². The van der Waals surface area contributed by atoms with Gasteiger partial charge in [-0.15, -0.1) is 0 Å². The summed E-state index contributed by atoms with van der Waals surface area (Å²) in [6.45, 7) is 1.87. The van der Waals surface area contributed by atoms with Gasteiger partial charge in [-0.05, 0) is 18.6 Å². The van der Waals surface area contributed by atoms with Crippen LogP contribution in [-0.2, 0) is 0 Å². The maximum Gasteiger partial charge on any atom is 0.253 e. The van der Waals surface area contributed by atoms with E-state index in [1.54, 1.807) is 0 Å². The van der Waals surface area contributed by atoms with Crippen molar-refractivity contribution in [2.24, 2.45) is 0 Å². The van der Waals surface area contributed by atoms with E-state index in [0.29, 0.717) is 12.1 Å². The van der Waals surface area contributed by atoms with Gasteiger partial charge >= 0.3 is 0 Å². The fraction of sp³-hybridized carbons (Fsp3) is 0.200. The molecule has 0 unspecified atom stereocenters. The van der Waals surface area contributed by atoms with Gasteiger partial charge in [-0.3, -0.25) is 10.1 Å². The Hall–Kier alpha value is -1.84. The van der Waals surface area contributed by atoms with Crippen LogP contribution < -0.4 is 5.32 Å². The highest BCUT2D eigenvalue weighted by atomic mass is 16.6. The minimum atomic E-state index is -0.450. The summed E-state index contributed by atoms with van der Waals surface area (Å²) in [5.41, 5.74) is 1.46. The molecule has 4 nitrogen and oxygen atoms in total. The van der Waals surface area contributed by atoms with E-state index >= 15 is 0 Å². The Morgan fingerprint density at radius 2 is 2.14 bits per heavy atom. The second-order valence-corrected chi connectivity index (χ2v) is 2.78. The van der Waals surface area contributed by atoms with Crippen molar-refractivity contribution < 1.29 is 4.92 Å². The molecule has 0 aliphatic heterocycles. The largest absolute Gasteiger partial charge is 0.354 e. The van der Waals surface area contributed by atoms with Crippen molar-refractivity contribution in [3.05, 3.63) is 52.3 Å². The van der Waals surface area contributed by atoms with Gasteiger partial charge in [0, 0.05) is 5.69 Å². The van der Waals surface area contributed by atoms with Crippen LogP contribution in [0.5, 0.6) is 0 Å². The smallest absolute Gasteiger partial charge is 0.253 e. The van der Waals surface area contributed by atoms with Crippen LogP contribution in [-0.4, -0.2) is 4.92 Å². The molecular formula is C10H12N2O2. The molecule has 0 fully saturated rings. The zero-order chi connectivity index (χ0) is 10.4. The molecule has 0 radical (unpaired) electrons. The van der Waals surface area contributed by atoms with Crippen molar-refractivity contribution in [1.29, 1.82) is 0 Å². The first-order valence-electron chi connectivity index (χ1n) is 4.38. The van der Waals surface area contributed by atoms with Gasteiger partial charge in [0.2, 0.25) is 0 Å². The number of anilines is 1. The third-order valence-electron chi connectivity index (χ3n) is 1.72. The van der Waals surface area contributed by atoms with Crippen molar-refractivity contribution >= 4 is 5.69 Å². The van der Waals surface area contributed by atoms with Crippen LogP contribution in [0, 0.1) is 10.1 Å². The summed E-state index contributed by atoms with van der Waals surface area (Å²) in [4.78, 5) is 9.80. The van der Waals surface area contributed by atoms with Crippen LogP contribution in [0.1, 0.15) is 13.3 Å². The van der Waals surface area contributed by atoms with Gasteiger partial charge < -0.3 is 5.32 Å². The summed E-state index contributed by atoms with van der Waals surface area (Å²) in [5.74, 6) is 0. The molecule has 0 amide bonds. The van der Waals surface area contributed by atoms with Crippen molar-refractivity contribution in [2.75, 3.05) is 5.32 Å². The second kappa shape index (κ2) is 5.01. The standard InChI is InChI=1S/C10H12N2O2/c1-2-9(8-12(13)14)11-10-6-4-3-5-7-10/h3-8,11H,2H2,1H3. The molecule has 0 aromatic heterocycles. The molecule has 0 aliphatic carbocycles. The van der Waals surface area contributed by atoms with Crippen LogP contribution >= 0.6 is 0 Å². The zero-order valence-corrected chi connectivity index (χ0v) is 7.93. The molecule has 1 N–H and O–H groups in total. The summed E-state index contributed by atoms with van der Waals surface area (Å²) in [5, 5.41) is 13.2. The lowest BCUT2D eigenvalue weighted by molar-refractivity contribution is -0.403. The summed E-state index contributed by atoms with van der Waals surface area (Å²) in [6.07, 6.45) is 1.60. The van der Waals surface area contributed by atoms with Crippen LogP contribution in [0.15, 0.2) is 42.2 Å². The number of nitrogens with zero attached hydrogens (tertiary/aromatic N) is 1. The Balaban J connectivity index is 2.71. The monoisotopic (exact) mass is 192 g/mol. The average Bonchev–Trinajstić information content (AvgIpc) is 2.17. The number of nitrogens with one attached hydrogen (secondary N) is 1. The first-order valence-corrected chi connectivity index (χ1v) is 4.38. The number of benzene rings is 1. The first kappa shape index (κ1) is 10.2. The Bertz CT molecular complexity index is 333. The predicted molar refractivity (Wildman–Crippen MR) is 55.4 cm³/mol. The number of allylic oxidation sites excluding steroid dienone is 1. The molecule has 0 spiro atoms. The van der Waals surface area contributed by atoms with Gasteiger partial charge in [0.15, 0.2) is 0 Å². The molecule has 0 saturated heterocycles. The minimum Gasteiger partial charge on any atom is -0.354 e. The quantitative estimate of drug-likeness (QED) is 0.589. The topological polar surface area (TPSA) is 55.2 Å². The molecular weight excluding hydrogens is 180 g/mol. The van der Waals surface area contributed by atoms with Gasteiger partial charge in [-0.25, -0.2) is 0 Å². The third-order valence-corrected chi connectivity index (χ3v) is 1.72. The Morgan fingerprint density at radius 3 is 2.64 bits per heavy atom. The molecule has 0 aliphatic rings. The van der Waals surface area contributed by atoms with Crippen LogP contribution in [0.4, 0.5) is 5.69 Å². The lowest BCUT2D eigenvalue weighted by atomic mass is 10.3. The number of hydrogen-bond donors (Lipinski definition) is 1. The van der Waals surface area contributed by atoms with E-state index in [-0.39, 0.29) is 0 Å². The highest BCUT2D eigenvalue weighted by Gasteiger charge is 1.99. The van der Waals surface area contributed by atoms with Crippen molar-refractivity contribution in [3.8, 4) is 0 Å². The predicted octanol–water partition coefficient (Wildman–Crippen LogP) is 2.63. The Labute approximate surface area is 82.4 Å². The van der Waals surface area contributed by atoms with Gasteiger partial charge in [0.05, 0.1) is 10.6 Å². The van der Waals surface area contributed by atoms with E-state index in [9.17, 15) is 10.1 Å². The van der Waals surface area contributed by atoms with Gasteiger partial charge in [-0.2, -0.15) is 0 Å². The van der Waals surface area contributed by atoms with E-state index in [4.69, 9.17) is 0 Å². The third kappa shape index (κ3) is 3.26. The van der Waals surface area contributed by atoms with Crippen LogP contribution in [0.2, 0.25) is 0 Å². The molecule has 4 heteroatoms. The van der Waals surface area contributed by atoms with E-state index in [0.717, 1.165) is 11.9 Å². The maximum atomic E-state index is 10.2. The fourth-order valence-electron chi connectivity index (χ4n) is 1.05. The molecule has 14 heavy (non-hydrogen) atoms. The lowest BCUT2D eigenvalue weighted by Gasteiger charge is -2.05. The number of nitro groups is 1. The highest BCUT2D eigenvalue weighted by molar-refractivity contribution is 5.47. The average molecular weight is 192 g/mol. The van der Waals surface area contributed by atoms with Crippen molar-refractivity contribution in [3.63, 3.8) is 0 Å². The molecule has 0 saturated carbocycles. The number of para-hydroxylation sites is 1. The molecule has 0 heterocycles. The van der Waals surface area contributed by atoms with Gasteiger partial charge in [0.25, 0.3) is 6.20 Å². The van der Waals surface area contributed by atoms with E-state index in [1.807, 2.05) is 37.3 Å². The fourth-order valence-corrected chi connectivity index (χ4v) is 1.05. The number of hydrogen-bond acceptors (Lipinski definition) is 3. The Kier molecular flexibility index (Phi) is 3.67. The summed E-state index contributed by atoms with van der Waals surface area (Å²) >= 11 is 0. The maximum absolute atomic E-state index is 10.2. The highest BCUT2D eigenvalue weighted by Crippen LogP contribution is 2.10. The van der Waals surface area contributed by atoms with Crippen molar-refractivity contribution in [1.82, 2.24) is 0 Å². The molecule has 74 valence electrons. The SMILES string of the molecule is CCC(=C[N+](=O)[O-])Nc1ccccc1. The van der Waals surface area contributed by atoms with E-state index < -0.39 is 4.92 Å². The molecule has 1 aromatic carbocycles. The summed E-state index contributed by atoms with van der Waals surface area (Å²) < 4.78 is 0. The van der Waals surface area contributed by atoms with E-state index in [2.05, 4.69) is 5.32 Å². The Morgan fingerprint density at radius 1 is 1.50 bits per heavy atom. The molecule has 0 atom stereocenters. The normalized spacial score (nSPS) is 11.1. The molecule has 1 aromatic rings. The second-order valence-electron chi connectivity index (χ2n) is 2.78. The van der Waals surface area contributed by atoms with Crippen molar-refractivity contribution in [2.45, 2.75) is 13.3 Å². The van der Waals surface area contributed by atoms with Crippen LogP contribution in [0.25, 0.3) is 0 Å². The molecule has 1 rings (SSSR count). The summed E-state index contributed by atoms with van der Waals surface area (Å²) in [7, 11) is 0. The minimum absolute atomic E-state index is 0.450. The van der Waals surface area contributed by atoms with Gasteiger partial charge in [-0.1, -0.05) is 25.1 Å². The summed E-state index contributed by atoms with van der Waals surface area (Å²) in [6, 6.07) is 9.38. The zero-order valence-electron chi connectivity index (χ0n) is 7.93. The molecule has 0 bridgehead atoms. The van der Waals surface area contributed by atoms with Crippen LogP contribution in [0.3, 0.4) is 0 Å². The first-order chi connectivity index (χ1) is 6.72.